The number of rotatable bonds is 7. The van der Waals surface area contributed by atoms with Crippen LogP contribution in [0.25, 0.3) is 10.8 Å². The Morgan fingerprint density at radius 3 is 2.13 bits per heavy atom. The minimum absolute atomic E-state index is 0.000133. The molecule has 156 valence electrons. The van der Waals surface area contributed by atoms with Gasteiger partial charge in [0.2, 0.25) is 0 Å². The van der Waals surface area contributed by atoms with E-state index >= 15 is 0 Å². The van der Waals surface area contributed by atoms with Gasteiger partial charge in [0.1, 0.15) is 0 Å². The Balaban J connectivity index is 1.79. The summed E-state index contributed by atoms with van der Waals surface area (Å²) in [5.41, 5.74) is 2.92. The Labute approximate surface area is 184 Å². The summed E-state index contributed by atoms with van der Waals surface area (Å²) in [5.74, 6) is 0. The van der Waals surface area contributed by atoms with Crippen molar-refractivity contribution in [2.45, 2.75) is 26.3 Å². The van der Waals surface area contributed by atoms with Crippen LogP contribution in [0.4, 0.5) is 16.2 Å². The lowest BCUT2D eigenvalue weighted by Crippen LogP contribution is -2.41. The quantitative estimate of drug-likeness (QED) is 0.312. The number of hydrogen-bond acceptors (Lipinski definition) is 1. The maximum Gasteiger partial charge on any atom is 0.329 e. The molecule has 0 saturated heterocycles. The number of nitrogens with zero attached hydrogens (tertiary/aromatic N) is 2. The summed E-state index contributed by atoms with van der Waals surface area (Å²) in [6.45, 7) is 3.47. The van der Waals surface area contributed by atoms with Gasteiger partial charge < -0.3 is 4.90 Å². The van der Waals surface area contributed by atoms with E-state index in [1.807, 2.05) is 82.6 Å². The van der Waals surface area contributed by atoms with Crippen molar-refractivity contribution < 1.29 is 4.79 Å². The Bertz CT molecular complexity index is 1120. The van der Waals surface area contributed by atoms with Gasteiger partial charge >= 0.3 is 6.03 Å². The molecule has 0 saturated carbocycles. The number of hydrogen-bond donors (Lipinski definition) is 0. The van der Waals surface area contributed by atoms with Crippen LogP contribution in [0.2, 0.25) is 0 Å². The first kappa shape index (κ1) is 20.7. The van der Waals surface area contributed by atoms with E-state index in [-0.39, 0.29) is 6.03 Å². The molecule has 0 atom stereocenters. The molecule has 4 aromatic rings. The van der Waals surface area contributed by atoms with Crippen LogP contribution in [0.1, 0.15) is 25.3 Å². The zero-order chi connectivity index (χ0) is 21.5. The number of fused-ring (bicyclic) bond motifs is 1. The molecule has 0 aliphatic carbocycles. The van der Waals surface area contributed by atoms with E-state index in [1.54, 1.807) is 0 Å². The van der Waals surface area contributed by atoms with Gasteiger partial charge in [0.05, 0.1) is 11.4 Å². The Morgan fingerprint density at radius 2 is 1.39 bits per heavy atom. The molecule has 3 heteroatoms. The summed E-state index contributed by atoms with van der Waals surface area (Å²) >= 11 is 0. The Kier molecular flexibility index (Phi) is 6.63. The maximum atomic E-state index is 14.1. The zero-order valence-electron chi connectivity index (χ0n) is 17.9. The van der Waals surface area contributed by atoms with Crippen molar-refractivity contribution in [3.8, 4) is 0 Å². The minimum atomic E-state index is -0.000133. The first-order valence-electron chi connectivity index (χ1n) is 10.9. The monoisotopic (exact) mass is 408 g/mol. The van der Waals surface area contributed by atoms with E-state index in [0.29, 0.717) is 6.54 Å². The van der Waals surface area contributed by atoms with Crippen molar-refractivity contribution in [2.24, 2.45) is 0 Å². The third-order valence-corrected chi connectivity index (χ3v) is 5.48. The molecule has 0 radical (unpaired) electrons. The lowest BCUT2D eigenvalue weighted by Gasteiger charge is -2.32. The third kappa shape index (κ3) is 4.77. The molecular formula is C28H28N2O. The van der Waals surface area contributed by atoms with Crippen LogP contribution in [-0.2, 0) is 6.54 Å². The largest absolute Gasteiger partial charge is 0.329 e. The number of anilines is 2. The van der Waals surface area contributed by atoms with Crippen LogP contribution < -0.4 is 4.90 Å². The summed E-state index contributed by atoms with van der Waals surface area (Å²) < 4.78 is 0. The van der Waals surface area contributed by atoms with Crippen LogP contribution in [-0.4, -0.2) is 17.5 Å². The van der Waals surface area contributed by atoms with E-state index in [1.165, 1.54) is 0 Å². The van der Waals surface area contributed by atoms with E-state index in [4.69, 9.17) is 0 Å². The van der Waals surface area contributed by atoms with Gasteiger partial charge in [-0.1, -0.05) is 98.3 Å². The van der Waals surface area contributed by atoms with Crippen molar-refractivity contribution in [2.75, 3.05) is 11.4 Å². The molecule has 0 aliphatic heterocycles. The lowest BCUT2D eigenvalue weighted by atomic mass is 10.1. The highest BCUT2D eigenvalue weighted by atomic mass is 16.2. The summed E-state index contributed by atoms with van der Waals surface area (Å²) in [6, 6.07) is 34.5. The van der Waals surface area contributed by atoms with Crippen molar-refractivity contribution in [1.82, 2.24) is 4.90 Å². The SMILES string of the molecule is CCCCN(Cc1ccccc1)C(=O)N(c1ccccc1)c1cccc2ccccc12. The fourth-order valence-electron chi connectivity index (χ4n) is 3.87. The number of unbranched alkanes of at least 4 members (excludes halogenated alkanes) is 1. The van der Waals surface area contributed by atoms with Gasteiger partial charge in [0.15, 0.2) is 0 Å². The van der Waals surface area contributed by atoms with Gasteiger partial charge in [-0.2, -0.15) is 0 Å². The van der Waals surface area contributed by atoms with Crippen molar-refractivity contribution in [1.29, 1.82) is 0 Å². The van der Waals surface area contributed by atoms with Gasteiger partial charge in [-0.25, -0.2) is 4.79 Å². The van der Waals surface area contributed by atoms with Gasteiger partial charge in [0, 0.05) is 18.5 Å². The summed E-state index contributed by atoms with van der Waals surface area (Å²) in [7, 11) is 0. The van der Waals surface area contributed by atoms with E-state index < -0.39 is 0 Å². The molecule has 0 unspecified atom stereocenters. The van der Waals surface area contributed by atoms with E-state index in [2.05, 4.69) is 37.3 Å². The number of amides is 2. The van der Waals surface area contributed by atoms with Gasteiger partial charge in [0.25, 0.3) is 0 Å². The average molecular weight is 409 g/mol. The summed E-state index contributed by atoms with van der Waals surface area (Å²) in [6.07, 6.45) is 2.01. The molecule has 0 heterocycles. The highest BCUT2D eigenvalue weighted by Crippen LogP contribution is 2.33. The molecule has 0 aromatic heterocycles. The lowest BCUT2D eigenvalue weighted by molar-refractivity contribution is 0.203. The second-order valence-electron chi connectivity index (χ2n) is 7.71. The highest BCUT2D eigenvalue weighted by Gasteiger charge is 2.25. The third-order valence-electron chi connectivity index (χ3n) is 5.48. The van der Waals surface area contributed by atoms with Crippen LogP contribution in [0.5, 0.6) is 0 Å². The van der Waals surface area contributed by atoms with E-state index in [9.17, 15) is 4.79 Å². The fourth-order valence-corrected chi connectivity index (χ4v) is 3.87. The van der Waals surface area contributed by atoms with Gasteiger partial charge in [-0.15, -0.1) is 0 Å². The molecular weight excluding hydrogens is 380 g/mol. The smallest absolute Gasteiger partial charge is 0.320 e. The molecule has 0 aliphatic rings. The predicted octanol–water partition coefficient (Wildman–Crippen LogP) is 7.40. The van der Waals surface area contributed by atoms with Crippen LogP contribution in [0, 0.1) is 0 Å². The molecule has 4 rings (SSSR count). The van der Waals surface area contributed by atoms with Crippen molar-refractivity contribution >= 4 is 28.2 Å². The Morgan fingerprint density at radius 1 is 0.742 bits per heavy atom. The first-order valence-corrected chi connectivity index (χ1v) is 10.9. The summed E-state index contributed by atoms with van der Waals surface area (Å²) in [4.78, 5) is 17.9. The predicted molar refractivity (Wildman–Crippen MR) is 130 cm³/mol. The van der Waals surface area contributed by atoms with Gasteiger partial charge in [-0.3, -0.25) is 4.90 Å². The molecule has 0 bridgehead atoms. The van der Waals surface area contributed by atoms with Crippen LogP contribution in [0.15, 0.2) is 103 Å². The zero-order valence-corrected chi connectivity index (χ0v) is 17.9. The Hall–Kier alpha value is -3.59. The second kappa shape index (κ2) is 9.94. The number of carbonyl (C=O) groups is 1. The fraction of sp³-hybridized carbons (Fsp3) is 0.179. The molecule has 31 heavy (non-hydrogen) atoms. The standard InChI is InChI=1S/C28H28N2O/c1-2-3-21-29(22-23-13-6-4-7-14-23)28(31)30(25-17-8-5-9-18-25)27-20-12-16-24-15-10-11-19-26(24)27/h4-20H,2-3,21-22H2,1H3. The van der Waals surface area contributed by atoms with E-state index in [0.717, 1.165) is 47.1 Å². The normalized spacial score (nSPS) is 10.7. The molecule has 4 aromatic carbocycles. The second-order valence-corrected chi connectivity index (χ2v) is 7.71. The number of benzene rings is 4. The minimum Gasteiger partial charge on any atom is -0.320 e. The number of carbonyl (C=O) groups excluding carboxylic acids is 1. The molecule has 2 amide bonds. The molecule has 0 spiro atoms. The first-order chi connectivity index (χ1) is 15.3. The van der Waals surface area contributed by atoms with Crippen LogP contribution >= 0.6 is 0 Å². The summed E-state index contributed by atoms with van der Waals surface area (Å²) in [5, 5.41) is 2.19. The topological polar surface area (TPSA) is 23.6 Å². The molecule has 3 nitrogen and oxygen atoms in total. The van der Waals surface area contributed by atoms with Crippen molar-refractivity contribution in [3.05, 3.63) is 109 Å². The molecule has 0 N–H and O–H groups in total. The van der Waals surface area contributed by atoms with Gasteiger partial charge in [-0.05, 0) is 35.6 Å². The average Bonchev–Trinajstić information content (AvgIpc) is 2.83. The maximum absolute atomic E-state index is 14.1. The molecule has 0 fully saturated rings. The highest BCUT2D eigenvalue weighted by molar-refractivity contribution is 6.07. The van der Waals surface area contributed by atoms with Crippen LogP contribution in [0.3, 0.4) is 0 Å². The number of para-hydroxylation sites is 1. The van der Waals surface area contributed by atoms with Crippen molar-refractivity contribution in [3.63, 3.8) is 0 Å². The number of urea groups is 1.